The fourth-order valence-corrected chi connectivity index (χ4v) is 4.96. The number of rotatable bonds is 11. The lowest BCUT2D eigenvalue weighted by molar-refractivity contribution is -0.118. The van der Waals surface area contributed by atoms with Gasteiger partial charge in [0.25, 0.3) is 5.91 Å². The van der Waals surface area contributed by atoms with Crippen molar-refractivity contribution < 1.29 is 9.53 Å². The Morgan fingerprint density at radius 3 is 2.49 bits per heavy atom. The van der Waals surface area contributed by atoms with Crippen molar-refractivity contribution in [3.05, 3.63) is 125 Å². The number of amides is 1. The highest BCUT2D eigenvalue weighted by molar-refractivity contribution is 7.99. The van der Waals surface area contributed by atoms with Gasteiger partial charge in [0.15, 0.2) is 11.0 Å². The predicted molar refractivity (Wildman–Crippen MR) is 164 cm³/mol. The third kappa shape index (κ3) is 7.75. The first-order chi connectivity index (χ1) is 20.0. The van der Waals surface area contributed by atoms with E-state index in [2.05, 4.69) is 26.0 Å². The number of benzene rings is 4. The number of nitrogens with zero attached hydrogens (tertiary/aromatic N) is 4. The second kappa shape index (κ2) is 13.6. The van der Waals surface area contributed by atoms with Gasteiger partial charge in [0.2, 0.25) is 0 Å². The summed E-state index contributed by atoms with van der Waals surface area (Å²) in [5.74, 6) is 1.99. The Morgan fingerprint density at radius 2 is 1.71 bits per heavy atom. The van der Waals surface area contributed by atoms with Crippen LogP contribution in [-0.2, 0) is 11.3 Å². The van der Waals surface area contributed by atoms with Gasteiger partial charge < -0.3 is 10.1 Å². The maximum Gasteiger partial charge on any atom is 0.250 e. The topological polar surface area (TPSA) is 93.4 Å². The van der Waals surface area contributed by atoms with E-state index in [4.69, 9.17) is 16.3 Å². The monoisotopic (exact) mass is 582 g/mol. The Balaban J connectivity index is 1.21. The third-order valence-corrected chi connectivity index (χ3v) is 7.08. The fraction of sp³-hybridized carbons (Fsp3) is 0.0968. The van der Waals surface area contributed by atoms with Gasteiger partial charge in [-0.2, -0.15) is 5.10 Å². The molecule has 5 aromatic rings. The van der Waals surface area contributed by atoms with Gasteiger partial charge in [-0.15, -0.1) is 10.2 Å². The number of carbonyl (C=O) groups excluding carboxylic acids is 1. The molecule has 41 heavy (non-hydrogen) atoms. The molecule has 0 saturated heterocycles. The summed E-state index contributed by atoms with van der Waals surface area (Å²) in [6.07, 6.45) is 1.58. The minimum Gasteiger partial charge on any atom is -0.457 e. The van der Waals surface area contributed by atoms with Crippen LogP contribution >= 0.6 is 23.4 Å². The highest BCUT2D eigenvalue weighted by Gasteiger charge is 2.16. The number of nitrogens with one attached hydrogen (secondary N) is 2. The molecule has 2 N–H and O–H groups in total. The number of hydrogen-bond donors (Lipinski definition) is 2. The van der Waals surface area contributed by atoms with Gasteiger partial charge in [0.1, 0.15) is 11.5 Å². The van der Waals surface area contributed by atoms with E-state index >= 15 is 0 Å². The van der Waals surface area contributed by atoms with Gasteiger partial charge in [-0.25, -0.2) is 5.43 Å². The number of anilines is 1. The molecule has 0 bridgehead atoms. The number of thioether (sulfide) groups is 1. The molecule has 1 aromatic heterocycles. The second-order valence-electron chi connectivity index (χ2n) is 8.95. The zero-order valence-electron chi connectivity index (χ0n) is 22.2. The molecule has 0 radical (unpaired) electrons. The first-order valence-corrected chi connectivity index (χ1v) is 14.2. The molecule has 1 amide bonds. The van der Waals surface area contributed by atoms with Crippen LogP contribution in [-0.4, -0.2) is 32.6 Å². The van der Waals surface area contributed by atoms with E-state index in [1.54, 1.807) is 6.21 Å². The van der Waals surface area contributed by atoms with Crippen molar-refractivity contribution in [3.8, 4) is 17.2 Å². The summed E-state index contributed by atoms with van der Waals surface area (Å²) in [6.45, 7) is 2.43. The van der Waals surface area contributed by atoms with E-state index in [1.165, 1.54) is 11.8 Å². The van der Waals surface area contributed by atoms with Crippen LogP contribution in [0.25, 0.3) is 5.69 Å². The van der Waals surface area contributed by atoms with Gasteiger partial charge in [-0.1, -0.05) is 71.9 Å². The highest BCUT2D eigenvalue weighted by atomic mass is 35.5. The number of hydrogen-bond acceptors (Lipinski definition) is 7. The van der Waals surface area contributed by atoms with Gasteiger partial charge >= 0.3 is 0 Å². The minimum atomic E-state index is -0.262. The molecule has 8 nitrogen and oxygen atoms in total. The summed E-state index contributed by atoms with van der Waals surface area (Å²) in [4.78, 5) is 12.6. The van der Waals surface area contributed by atoms with Crippen LogP contribution in [0.3, 0.4) is 0 Å². The lowest BCUT2D eigenvalue weighted by Gasteiger charge is -2.12. The summed E-state index contributed by atoms with van der Waals surface area (Å²) in [5, 5.41) is 17.6. The van der Waals surface area contributed by atoms with Crippen molar-refractivity contribution >= 4 is 41.2 Å². The van der Waals surface area contributed by atoms with Gasteiger partial charge in [0.05, 0.1) is 18.5 Å². The Kier molecular flexibility index (Phi) is 9.30. The molecule has 0 spiro atoms. The highest BCUT2D eigenvalue weighted by Crippen LogP contribution is 2.25. The van der Waals surface area contributed by atoms with E-state index in [9.17, 15) is 4.79 Å². The van der Waals surface area contributed by atoms with Crippen molar-refractivity contribution in [2.24, 2.45) is 5.10 Å². The van der Waals surface area contributed by atoms with E-state index in [-0.39, 0.29) is 11.7 Å². The van der Waals surface area contributed by atoms with Crippen LogP contribution < -0.4 is 15.5 Å². The number of para-hydroxylation sites is 2. The average molecular weight is 583 g/mol. The summed E-state index contributed by atoms with van der Waals surface area (Å²) < 4.78 is 7.80. The van der Waals surface area contributed by atoms with Gasteiger partial charge in [-0.05, 0) is 72.6 Å². The Morgan fingerprint density at radius 1 is 0.951 bits per heavy atom. The van der Waals surface area contributed by atoms with Crippen LogP contribution in [0.15, 0.2) is 113 Å². The van der Waals surface area contributed by atoms with E-state index in [0.717, 1.165) is 28.3 Å². The summed E-state index contributed by atoms with van der Waals surface area (Å²) >= 11 is 7.38. The fourth-order valence-electron chi connectivity index (χ4n) is 3.97. The maximum atomic E-state index is 12.6. The molecule has 4 aromatic carbocycles. The lowest BCUT2D eigenvalue weighted by Crippen LogP contribution is -2.20. The number of aromatic nitrogens is 3. The van der Waals surface area contributed by atoms with Crippen LogP contribution in [0.1, 0.15) is 17.0 Å². The minimum absolute atomic E-state index is 0.114. The summed E-state index contributed by atoms with van der Waals surface area (Å²) in [5.41, 5.74) is 6.27. The molecule has 0 unspecified atom stereocenters. The lowest BCUT2D eigenvalue weighted by atomic mass is 10.2. The first kappa shape index (κ1) is 27.9. The number of carbonyl (C=O) groups is 1. The molecule has 10 heteroatoms. The molecule has 0 fully saturated rings. The normalized spacial score (nSPS) is 11.0. The Labute approximate surface area is 247 Å². The van der Waals surface area contributed by atoms with E-state index in [1.807, 2.05) is 115 Å². The van der Waals surface area contributed by atoms with Crippen LogP contribution in [0.2, 0.25) is 5.02 Å². The summed E-state index contributed by atoms with van der Waals surface area (Å²) in [6, 6.07) is 32.5. The van der Waals surface area contributed by atoms with Crippen molar-refractivity contribution in [1.29, 1.82) is 0 Å². The van der Waals surface area contributed by atoms with Crippen molar-refractivity contribution in [2.45, 2.75) is 18.6 Å². The standard InChI is InChI=1S/C31H27ClN6O2S/c1-22-17-24(32)15-16-28(22)33-20-29-35-37-31(38(29)25-10-4-2-5-11-25)41-21-30(39)36-34-19-23-9-8-14-27(18-23)40-26-12-6-3-7-13-26/h2-19,33H,20-21H2,1H3,(H,36,39)/b34-19-. The molecule has 0 aliphatic heterocycles. The molecule has 1 heterocycles. The summed E-state index contributed by atoms with van der Waals surface area (Å²) in [7, 11) is 0. The average Bonchev–Trinajstić information content (AvgIpc) is 3.39. The van der Waals surface area contributed by atoms with Crippen molar-refractivity contribution in [2.75, 3.05) is 11.1 Å². The maximum absolute atomic E-state index is 12.6. The van der Waals surface area contributed by atoms with Crippen molar-refractivity contribution in [3.63, 3.8) is 0 Å². The second-order valence-corrected chi connectivity index (χ2v) is 10.3. The van der Waals surface area contributed by atoms with Gasteiger partial charge in [-0.3, -0.25) is 9.36 Å². The molecule has 0 aliphatic carbocycles. The van der Waals surface area contributed by atoms with E-state index in [0.29, 0.717) is 28.3 Å². The zero-order valence-corrected chi connectivity index (χ0v) is 23.8. The number of aryl methyl sites for hydroxylation is 1. The van der Waals surface area contributed by atoms with Crippen LogP contribution in [0.4, 0.5) is 5.69 Å². The van der Waals surface area contributed by atoms with Crippen molar-refractivity contribution in [1.82, 2.24) is 20.2 Å². The number of halogens is 1. The number of ether oxygens (including phenoxy) is 1. The van der Waals surface area contributed by atoms with Crippen LogP contribution in [0.5, 0.6) is 11.5 Å². The van der Waals surface area contributed by atoms with E-state index < -0.39 is 0 Å². The first-order valence-electron chi connectivity index (χ1n) is 12.8. The largest absolute Gasteiger partial charge is 0.457 e. The number of hydrazone groups is 1. The molecular weight excluding hydrogens is 556 g/mol. The van der Waals surface area contributed by atoms with Gasteiger partial charge in [0, 0.05) is 16.4 Å². The predicted octanol–water partition coefficient (Wildman–Crippen LogP) is 6.88. The molecular formula is C31H27ClN6O2S. The molecule has 0 saturated carbocycles. The quantitative estimate of drug-likeness (QED) is 0.100. The molecule has 5 rings (SSSR count). The molecule has 0 aliphatic rings. The van der Waals surface area contributed by atoms with Crippen LogP contribution in [0, 0.1) is 6.92 Å². The Bertz CT molecular complexity index is 1640. The molecule has 0 atom stereocenters. The zero-order chi connectivity index (χ0) is 28.4. The Hall–Kier alpha value is -4.60. The third-order valence-electron chi connectivity index (χ3n) is 5.91. The smallest absolute Gasteiger partial charge is 0.250 e. The SMILES string of the molecule is Cc1cc(Cl)ccc1NCc1nnc(SCC(=O)N/N=C\c2cccc(Oc3ccccc3)c2)n1-c1ccccc1. The molecule has 206 valence electrons.